The lowest BCUT2D eigenvalue weighted by Gasteiger charge is -2.40. The van der Waals surface area contributed by atoms with Crippen LogP contribution in [-0.4, -0.2) is 60.4 Å². The van der Waals surface area contributed by atoms with E-state index in [0.717, 1.165) is 12.8 Å². The fourth-order valence-electron chi connectivity index (χ4n) is 4.24. The van der Waals surface area contributed by atoms with E-state index in [0.29, 0.717) is 54.3 Å². The number of nitrogens with zero attached hydrogens (tertiary/aromatic N) is 2. The van der Waals surface area contributed by atoms with Crippen LogP contribution < -0.4 is 5.32 Å². The molecule has 2 fully saturated rings. The van der Waals surface area contributed by atoms with Crippen LogP contribution in [0.15, 0.2) is 18.2 Å². The predicted molar refractivity (Wildman–Crippen MR) is 108 cm³/mol. The number of hydrogen-bond acceptors (Lipinski definition) is 3. The van der Waals surface area contributed by atoms with Crippen molar-refractivity contribution in [1.82, 2.24) is 15.1 Å². The Morgan fingerprint density at radius 2 is 1.78 bits per heavy atom. The minimum atomic E-state index is -0.0744. The van der Waals surface area contributed by atoms with Crippen molar-refractivity contribution >= 4 is 35.0 Å². The van der Waals surface area contributed by atoms with Crippen molar-refractivity contribution in [1.29, 1.82) is 0 Å². The van der Waals surface area contributed by atoms with Crippen molar-refractivity contribution in [2.75, 3.05) is 32.7 Å². The minimum Gasteiger partial charge on any atom is -0.355 e. The van der Waals surface area contributed by atoms with E-state index >= 15 is 0 Å². The third kappa shape index (κ3) is 4.76. The van der Waals surface area contributed by atoms with Crippen molar-refractivity contribution in [2.24, 2.45) is 5.92 Å². The van der Waals surface area contributed by atoms with Crippen molar-refractivity contribution in [2.45, 2.75) is 38.6 Å². The lowest BCUT2D eigenvalue weighted by molar-refractivity contribution is -0.129. The number of piperazine rings is 1. The van der Waals surface area contributed by atoms with Crippen molar-refractivity contribution in [3.8, 4) is 0 Å². The summed E-state index contributed by atoms with van der Waals surface area (Å²) in [5, 5.41) is 3.83. The maximum absolute atomic E-state index is 12.8. The third-order valence-electron chi connectivity index (χ3n) is 5.63. The summed E-state index contributed by atoms with van der Waals surface area (Å²) < 4.78 is 0. The Balaban J connectivity index is 1.64. The fourth-order valence-corrected chi connectivity index (χ4v) is 4.54. The standard InChI is InChI=1S/C20H27Cl2N3O2/c1-2-23-19(26)18(14-5-3-4-6-14)24-9-11-25(12-10-24)20(27)15-7-8-16(21)17(22)13-15/h7-8,13-14,18H,2-6,9-12H2,1H3,(H,23,26)/t18-/m0/s1. The fraction of sp³-hybridized carbons (Fsp3) is 0.600. The molecule has 1 aliphatic carbocycles. The first kappa shape index (κ1) is 20.4. The highest BCUT2D eigenvalue weighted by atomic mass is 35.5. The zero-order valence-corrected chi connectivity index (χ0v) is 17.2. The van der Waals surface area contributed by atoms with E-state index in [2.05, 4.69) is 10.2 Å². The number of hydrogen-bond donors (Lipinski definition) is 1. The van der Waals surface area contributed by atoms with Crippen LogP contribution >= 0.6 is 23.2 Å². The van der Waals surface area contributed by atoms with Gasteiger partial charge in [0.2, 0.25) is 5.91 Å². The average Bonchev–Trinajstić information content (AvgIpc) is 3.18. The van der Waals surface area contributed by atoms with Gasteiger partial charge in [-0.2, -0.15) is 0 Å². The van der Waals surface area contributed by atoms with Crippen LogP contribution in [0.3, 0.4) is 0 Å². The highest BCUT2D eigenvalue weighted by Crippen LogP contribution is 2.31. The van der Waals surface area contributed by atoms with Crippen LogP contribution in [0.5, 0.6) is 0 Å². The third-order valence-corrected chi connectivity index (χ3v) is 6.37. The Kier molecular flexibility index (Phi) is 7.01. The van der Waals surface area contributed by atoms with Crippen LogP contribution in [0.2, 0.25) is 10.0 Å². The van der Waals surface area contributed by atoms with Gasteiger partial charge < -0.3 is 10.2 Å². The molecule has 1 saturated carbocycles. The second-order valence-electron chi connectivity index (χ2n) is 7.34. The number of rotatable bonds is 5. The average molecular weight is 412 g/mol. The van der Waals surface area contributed by atoms with Crippen LogP contribution in [0.25, 0.3) is 0 Å². The van der Waals surface area contributed by atoms with Crippen LogP contribution in [-0.2, 0) is 4.79 Å². The molecule has 7 heteroatoms. The summed E-state index contributed by atoms with van der Waals surface area (Å²) in [7, 11) is 0. The summed E-state index contributed by atoms with van der Waals surface area (Å²) >= 11 is 12.0. The van der Waals surface area contributed by atoms with E-state index in [1.54, 1.807) is 18.2 Å². The Hall–Kier alpha value is -1.30. The Bertz CT molecular complexity index is 684. The first-order valence-electron chi connectivity index (χ1n) is 9.77. The zero-order chi connectivity index (χ0) is 19.4. The summed E-state index contributed by atoms with van der Waals surface area (Å²) in [5.74, 6) is 0.520. The summed E-state index contributed by atoms with van der Waals surface area (Å²) in [6.07, 6.45) is 4.64. The molecule has 1 aromatic carbocycles. The lowest BCUT2D eigenvalue weighted by atomic mass is 9.95. The molecule has 1 atom stereocenters. The van der Waals surface area contributed by atoms with Gasteiger partial charge in [-0.3, -0.25) is 14.5 Å². The Morgan fingerprint density at radius 3 is 2.37 bits per heavy atom. The number of carbonyl (C=O) groups excluding carboxylic acids is 2. The molecule has 0 bridgehead atoms. The van der Waals surface area contributed by atoms with Gasteiger partial charge in [-0.1, -0.05) is 36.0 Å². The molecule has 1 N–H and O–H groups in total. The number of benzene rings is 1. The second-order valence-corrected chi connectivity index (χ2v) is 8.16. The summed E-state index contributed by atoms with van der Waals surface area (Å²) in [6.45, 7) is 5.26. The second kappa shape index (κ2) is 9.26. The van der Waals surface area contributed by atoms with Gasteiger partial charge in [-0.25, -0.2) is 0 Å². The van der Waals surface area contributed by atoms with E-state index in [9.17, 15) is 9.59 Å². The van der Waals surface area contributed by atoms with Crippen LogP contribution in [0.4, 0.5) is 0 Å². The first-order valence-corrected chi connectivity index (χ1v) is 10.5. The molecule has 5 nitrogen and oxygen atoms in total. The summed E-state index contributed by atoms with van der Waals surface area (Å²) in [5.41, 5.74) is 0.550. The Morgan fingerprint density at radius 1 is 1.11 bits per heavy atom. The van der Waals surface area contributed by atoms with Gasteiger partial charge in [0.1, 0.15) is 0 Å². The zero-order valence-electron chi connectivity index (χ0n) is 15.7. The largest absolute Gasteiger partial charge is 0.355 e. The number of amides is 2. The molecular formula is C20H27Cl2N3O2. The molecule has 0 spiro atoms. The van der Waals surface area contributed by atoms with E-state index in [4.69, 9.17) is 23.2 Å². The minimum absolute atomic E-state index is 0.0383. The van der Waals surface area contributed by atoms with Gasteiger partial charge in [0, 0.05) is 38.3 Å². The number of halogens is 2. The molecule has 2 amide bonds. The van der Waals surface area contributed by atoms with Gasteiger partial charge in [0.25, 0.3) is 5.91 Å². The van der Waals surface area contributed by atoms with E-state index < -0.39 is 0 Å². The van der Waals surface area contributed by atoms with Gasteiger partial charge in [0.05, 0.1) is 16.1 Å². The van der Waals surface area contributed by atoms with Crippen LogP contribution in [0.1, 0.15) is 43.0 Å². The molecule has 1 aromatic rings. The van der Waals surface area contributed by atoms with Gasteiger partial charge >= 0.3 is 0 Å². The van der Waals surface area contributed by atoms with Crippen molar-refractivity contribution in [3.05, 3.63) is 33.8 Å². The molecule has 27 heavy (non-hydrogen) atoms. The monoisotopic (exact) mass is 411 g/mol. The maximum atomic E-state index is 12.8. The normalized spacial score (nSPS) is 19.9. The molecular weight excluding hydrogens is 385 g/mol. The highest BCUT2D eigenvalue weighted by Gasteiger charge is 2.37. The van der Waals surface area contributed by atoms with Crippen LogP contribution in [0, 0.1) is 5.92 Å². The quantitative estimate of drug-likeness (QED) is 0.806. The first-order chi connectivity index (χ1) is 13.0. The van der Waals surface area contributed by atoms with E-state index in [-0.39, 0.29) is 17.9 Å². The lowest BCUT2D eigenvalue weighted by Crippen LogP contribution is -2.58. The predicted octanol–water partition coefficient (Wildman–Crippen LogP) is 3.45. The van der Waals surface area contributed by atoms with Gasteiger partial charge in [-0.05, 0) is 43.9 Å². The van der Waals surface area contributed by atoms with Crippen molar-refractivity contribution in [3.63, 3.8) is 0 Å². The van der Waals surface area contributed by atoms with Gasteiger partial charge in [0.15, 0.2) is 0 Å². The molecule has 1 saturated heterocycles. The smallest absolute Gasteiger partial charge is 0.253 e. The van der Waals surface area contributed by atoms with E-state index in [1.165, 1.54) is 12.8 Å². The van der Waals surface area contributed by atoms with Crippen molar-refractivity contribution < 1.29 is 9.59 Å². The van der Waals surface area contributed by atoms with E-state index in [1.807, 2.05) is 11.8 Å². The summed E-state index contributed by atoms with van der Waals surface area (Å²) in [4.78, 5) is 29.5. The summed E-state index contributed by atoms with van der Waals surface area (Å²) in [6, 6.07) is 4.90. The molecule has 0 unspecified atom stereocenters. The highest BCUT2D eigenvalue weighted by molar-refractivity contribution is 6.42. The number of nitrogens with one attached hydrogen (secondary N) is 1. The Labute approximate surface area is 171 Å². The van der Waals surface area contributed by atoms with Gasteiger partial charge in [-0.15, -0.1) is 0 Å². The molecule has 148 valence electrons. The molecule has 1 aliphatic heterocycles. The SMILES string of the molecule is CCNC(=O)[C@H](C1CCCC1)N1CCN(C(=O)c2ccc(Cl)c(Cl)c2)CC1. The molecule has 0 aromatic heterocycles. The molecule has 2 aliphatic rings. The number of likely N-dealkylation sites (N-methyl/N-ethyl adjacent to an activating group) is 1. The topological polar surface area (TPSA) is 52.7 Å². The number of carbonyl (C=O) groups is 2. The maximum Gasteiger partial charge on any atom is 0.253 e. The molecule has 0 radical (unpaired) electrons. The molecule has 1 heterocycles. The molecule has 3 rings (SSSR count).